The van der Waals surface area contributed by atoms with E-state index in [2.05, 4.69) is 26.0 Å². The van der Waals surface area contributed by atoms with E-state index < -0.39 is 0 Å². The van der Waals surface area contributed by atoms with Gasteiger partial charge in [0.2, 0.25) is 0 Å². The molecule has 2 atom stereocenters. The molecule has 0 spiro atoms. The predicted molar refractivity (Wildman–Crippen MR) is 65.3 cm³/mol. The Kier molecular flexibility index (Phi) is 5.03. The molecule has 0 radical (unpaired) electrons. The Bertz CT molecular complexity index is 319. The van der Waals surface area contributed by atoms with Crippen molar-refractivity contribution in [2.24, 2.45) is 0 Å². The predicted octanol–water partition coefficient (Wildman–Crippen LogP) is 3.52. The van der Waals surface area contributed by atoms with Crippen LogP contribution in [-0.2, 0) is 9.53 Å². The van der Waals surface area contributed by atoms with Gasteiger partial charge in [-0.1, -0.05) is 44.2 Å². The topological polar surface area (TPSA) is 26.3 Å². The smallest absolute Gasteiger partial charge is 0.302 e. The molecule has 2 heteroatoms. The van der Waals surface area contributed by atoms with Crippen LogP contribution < -0.4 is 0 Å². The Labute approximate surface area is 97.6 Å². The van der Waals surface area contributed by atoms with E-state index in [1.807, 2.05) is 18.2 Å². The van der Waals surface area contributed by atoms with Crippen LogP contribution in [0.5, 0.6) is 0 Å². The minimum atomic E-state index is -0.193. The van der Waals surface area contributed by atoms with E-state index in [0.717, 1.165) is 12.8 Å². The van der Waals surface area contributed by atoms with Crippen molar-refractivity contribution in [1.82, 2.24) is 0 Å². The summed E-state index contributed by atoms with van der Waals surface area (Å²) in [6.45, 7) is 5.66. The van der Waals surface area contributed by atoms with Gasteiger partial charge in [0.15, 0.2) is 0 Å². The molecule has 0 aliphatic rings. The van der Waals surface area contributed by atoms with Crippen LogP contribution in [0.2, 0.25) is 0 Å². The summed E-state index contributed by atoms with van der Waals surface area (Å²) in [5.41, 5.74) is 1.25. The van der Waals surface area contributed by atoms with Gasteiger partial charge < -0.3 is 4.74 Å². The van der Waals surface area contributed by atoms with Gasteiger partial charge in [-0.25, -0.2) is 0 Å². The monoisotopic (exact) mass is 220 g/mol. The molecule has 0 saturated heterocycles. The fraction of sp³-hybridized carbons (Fsp3) is 0.500. The molecule has 0 saturated carbocycles. The van der Waals surface area contributed by atoms with E-state index in [4.69, 9.17) is 4.74 Å². The Balaban J connectivity index is 2.83. The molecule has 0 fully saturated rings. The highest BCUT2D eigenvalue weighted by atomic mass is 16.5. The van der Waals surface area contributed by atoms with Gasteiger partial charge in [-0.15, -0.1) is 0 Å². The van der Waals surface area contributed by atoms with Crippen molar-refractivity contribution >= 4 is 5.97 Å². The zero-order valence-electron chi connectivity index (χ0n) is 10.3. The van der Waals surface area contributed by atoms with E-state index in [-0.39, 0.29) is 12.1 Å². The molecule has 0 bridgehead atoms. The molecule has 0 aliphatic carbocycles. The lowest BCUT2D eigenvalue weighted by Gasteiger charge is -2.25. The van der Waals surface area contributed by atoms with Crippen LogP contribution in [0.1, 0.15) is 45.1 Å². The van der Waals surface area contributed by atoms with Crippen molar-refractivity contribution in [3.63, 3.8) is 0 Å². The summed E-state index contributed by atoms with van der Waals surface area (Å²) >= 11 is 0. The molecule has 0 amide bonds. The number of benzene rings is 1. The fourth-order valence-electron chi connectivity index (χ4n) is 2.08. The Morgan fingerprint density at radius 1 is 1.19 bits per heavy atom. The molecule has 0 heterocycles. The third-order valence-corrected chi connectivity index (χ3v) is 2.84. The second kappa shape index (κ2) is 6.31. The summed E-state index contributed by atoms with van der Waals surface area (Å²) in [6.07, 6.45) is 1.83. The summed E-state index contributed by atoms with van der Waals surface area (Å²) in [5, 5.41) is 0. The molecule has 16 heavy (non-hydrogen) atoms. The molecule has 0 aliphatic heterocycles. The number of hydrogen-bond donors (Lipinski definition) is 0. The molecule has 1 aromatic carbocycles. The molecule has 1 rings (SSSR count). The lowest BCUT2D eigenvalue weighted by Crippen LogP contribution is -2.23. The first-order chi connectivity index (χ1) is 7.69. The third-order valence-electron chi connectivity index (χ3n) is 2.84. The average Bonchev–Trinajstić information content (AvgIpc) is 2.29. The van der Waals surface area contributed by atoms with E-state index in [0.29, 0.717) is 5.92 Å². The Morgan fingerprint density at radius 2 is 1.81 bits per heavy atom. The van der Waals surface area contributed by atoms with Crippen molar-refractivity contribution in [2.75, 3.05) is 0 Å². The summed E-state index contributed by atoms with van der Waals surface area (Å²) in [7, 11) is 0. The zero-order chi connectivity index (χ0) is 12.0. The van der Waals surface area contributed by atoms with Gasteiger partial charge in [-0.2, -0.15) is 0 Å². The van der Waals surface area contributed by atoms with Gasteiger partial charge in [-0.05, 0) is 18.4 Å². The number of carbonyl (C=O) groups excluding carboxylic acids is 1. The average molecular weight is 220 g/mol. The van der Waals surface area contributed by atoms with Gasteiger partial charge in [-0.3, -0.25) is 4.79 Å². The zero-order valence-corrected chi connectivity index (χ0v) is 10.3. The first-order valence-corrected chi connectivity index (χ1v) is 5.91. The largest absolute Gasteiger partial charge is 0.462 e. The van der Waals surface area contributed by atoms with Crippen molar-refractivity contribution in [3.05, 3.63) is 35.9 Å². The van der Waals surface area contributed by atoms with Gasteiger partial charge in [0.1, 0.15) is 6.10 Å². The molecule has 1 aromatic rings. The van der Waals surface area contributed by atoms with E-state index in [1.54, 1.807) is 0 Å². The van der Waals surface area contributed by atoms with Crippen LogP contribution >= 0.6 is 0 Å². The maximum atomic E-state index is 11.0. The summed E-state index contributed by atoms with van der Waals surface area (Å²) in [6, 6.07) is 10.3. The number of ether oxygens (including phenoxy) is 1. The normalized spacial score (nSPS) is 14.2. The van der Waals surface area contributed by atoms with Crippen LogP contribution in [0.3, 0.4) is 0 Å². The molecule has 0 N–H and O–H groups in total. The van der Waals surface area contributed by atoms with Crippen molar-refractivity contribution in [2.45, 2.75) is 45.6 Å². The standard InChI is InChI=1S/C14H20O2/c1-4-13(12-9-7-6-8-10-12)14(5-2)16-11(3)15/h6-10,13-14H,4-5H2,1-3H3/t13-,14+/m1/s1. The summed E-state index contributed by atoms with van der Waals surface area (Å²) in [4.78, 5) is 11.0. The second-order valence-corrected chi connectivity index (χ2v) is 3.98. The van der Waals surface area contributed by atoms with Crippen LogP contribution in [0, 0.1) is 0 Å². The fourth-order valence-corrected chi connectivity index (χ4v) is 2.08. The van der Waals surface area contributed by atoms with Gasteiger partial charge in [0, 0.05) is 12.8 Å². The highest BCUT2D eigenvalue weighted by Gasteiger charge is 2.22. The third kappa shape index (κ3) is 3.37. The maximum Gasteiger partial charge on any atom is 0.302 e. The molecule has 2 nitrogen and oxygen atoms in total. The van der Waals surface area contributed by atoms with Crippen LogP contribution in [0.4, 0.5) is 0 Å². The van der Waals surface area contributed by atoms with Crippen molar-refractivity contribution < 1.29 is 9.53 Å². The lowest BCUT2D eigenvalue weighted by molar-refractivity contribution is -0.147. The molecular weight excluding hydrogens is 200 g/mol. The second-order valence-electron chi connectivity index (χ2n) is 3.98. The van der Waals surface area contributed by atoms with E-state index in [1.165, 1.54) is 12.5 Å². The van der Waals surface area contributed by atoms with E-state index >= 15 is 0 Å². The quantitative estimate of drug-likeness (QED) is 0.710. The molecule has 0 unspecified atom stereocenters. The number of esters is 1. The lowest BCUT2D eigenvalue weighted by atomic mass is 9.89. The molecule has 88 valence electrons. The Hall–Kier alpha value is -1.31. The van der Waals surface area contributed by atoms with Gasteiger partial charge in [0.25, 0.3) is 0 Å². The summed E-state index contributed by atoms with van der Waals surface area (Å²) in [5.74, 6) is 0.108. The number of hydrogen-bond acceptors (Lipinski definition) is 2. The summed E-state index contributed by atoms with van der Waals surface area (Å²) < 4.78 is 5.37. The minimum absolute atomic E-state index is 0.00935. The molecule has 0 aromatic heterocycles. The SMILES string of the molecule is CC[C@H](OC(C)=O)[C@H](CC)c1ccccc1. The molecular formula is C14H20O2. The van der Waals surface area contributed by atoms with Crippen LogP contribution in [-0.4, -0.2) is 12.1 Å². The first kappa shape index (κ1) is 12.8. The highest BCUT2D eigenvalue weighted by Crippen LogP contribution is 2.27. The van der Waals surface area contributed by atoms with Crippen LogP contribution in [0.15, 0.2) is 30.3 Å². The van der Waals surface area contributed by atoms with Crippen molar-refractivity contribution in [1.29, 1.82) is 0 Å². The number of carbonyl (C=O) groups is 1. The highest BCUT2D eigenvalue weighted by molar-refractivity contribution is 5.66. The van der Waals surface area contributed by atoms with Crippen LogP contribution in [0.25, 0.3) is 0 Å². The first-order valence-electron chi connectivity index (χ1n) is 5.91. The maximum absolute atomic E-state index is 11.0. The van der Waals surface area contributed by atoms with Gasteiger partial charge in [0.05, 0.1) is 0 Å². The number of rotatable bonds is 5. The van der Waals surface area contributed by atoms with E-state index in [9.17, 15) is 4.79 Å². The van der Waals surface area contributed by atoms with Gasteiger partial charge >= 0.3 is 5.97 Å². The minimum Gasteiger partial charge on any atom is -0.462 e. The van der Waals surface area contributed by atoms with Crippen molar-refractivity contribution in [3.8, 4) is 0 Å². The Morgan fingerprint density at radius 3 is 2.25 bits per heavy atom.